The van der Waals surface area contributed by atoms with Crippen LogP contribution in [0, 0.1) is 20.8 Å². The number of carbonyl (C=O) groups excluding carboxylic acids is 2. The van der Waals surface area contributed by atoms with Crippen molar-refractivity contribution in [2.24, 2.45) is 0 Å². The van der Waals surface area contributed by atoms with E-state index in [1.807, 2.05) is 71.0 Å². The number of hydrogen-bond donors (Lipinski definition) is 1. The van der Waals surface area contributed by atoms with Gasteiger partial charge in [-0.15, -0.1) is 0 Å². The molecule has 0 aliphatic rings. The van der Waals surface area contributed by atoms with Crippen molar-refractivity contribution in [3.63, 3.8) is 0 Å². The Hall–Kier alpha value is -2.87. The Labute approximate surface area is 204 Å². The minimum atomic E-state index is -3.75. The third-order valence-electron chi connectivity index (χ3n) is 5.41. The van der Waals surface area contributed by atoms with E-state index in [-0.39, 0.29) is 12.5 Å². The fourth-order valence-electron chi connectivity index (χ4n) is 3.65. The molecule has 2 aromatic carbocycles. The summed E-state index contributed by atoms with van der Waals surface area (Å²) in [7, 11) is -3.75. The van der Waals surface area contributed by atoms with Crippen LogP contribution >= 0.6 is 0 Å². The van der Waals surface area contributed by atoms with E-state index < -0.39 is 34.1 Å². The van der Waals surface area contributed by atoms with Crippen LogP contribution in [0.25, 0.3) is 0 Å². The lowest BCUT2D eigenvalue weighted by atomic mass is 10.1. The molecule has 0 aliphatic heterocycles. The number of aryl methyl sites for hydroxylation is 3. The fourth-order valence-corrected chi connectivity index (χ4v) is 4.55. The van der Waals surface area contributed by atoms with Gasteiger partial charge in [0.05, 0.1) is 11.9 Å². The molecule has 0 radical (unpaired) electrons. The van der Waals surface area contributed by atoms with Crippen molar-refractivity contribution in [1.82, 2.24) is 10.2 Å². The van der Waals surface area contributed by atoms with Crippen LogP contribution in [0.5, 0.6) is 0 Å². The summed E-state index contributed by atoms with van der Waals surface area (Å²) in [5, 5.41) is 2.92. The molecule has 186 valence electrons. The highest BCUT2D eigenvalue weighted by Gasteiger charge is 2.31. The molecule has 1 atom stereocenters. The second-order valence-electron chi connectivity index (χ2n) is 9.99. The number of nitrogens with zero attached hydrogens (tertiary/aromatic N) is 2. The highest BCUT2D eigenvalue weighted by atomic mass is 32.2. The molecule has 0 aliphatic carbocycles. The van der Waals surface area contributed by atoms with E-state index in [0.717, 1.165) is 32.8 Å². The van der Waals surface area contributed by atoms with Crippen LogP contribution in [0.2, 0.25) is 0 Å². The van der Waals surface area contributed by atoms with Crippen molar-refractivity contribution >= 4 is 27.5 Å². The van der Waals surface area contributed by atoms with Crippen LogP contribution in [0.4, 0.5) is 5.69 Å². The predicted octanol–water partition coefficient (Wildman–Crippen LogP) is 3.71. The van der Waals surface area contributed by atoms with Gasteiger partial charge in [0.15, 0.2) is 0 Å². The van der Waals surface area contributed by atoms with E-state index in [0.29, 0.717) is 5.69 Å². The van der Waals surface area contributed by atoms with Gasteiger partial charge >= 0.3 is 0 Å². The molecule has 0 aromatic heterocycles. The van der Waals surface area contributed by atoms with Gasteiger partial charge in [0, 0.05) is 12.1 Å². The van der Waals surface area contributed by atoms with Gasteiger partial charge in [-0.3, -0.25) is 13.9 Å². The zero-order chi connectivity index (χ0) is 25.8. The van der Waals surface area contributed by atoms with Crippen LogP contribution in [-0.2, 0) is 26.2 Å². The Bertz CT molecular complexity index is 1150. The Morgan fingerprint density at radius 1 is 1.00 bits per heavy atom. The van der Waals surface area contributed by atoms with Crippen molar-refractivity contribution in [3.8, 4) is 0 Å². The third-order valence-corrected chi connectivity index (χ3v) is 6.54. The molecule has 0 heterocycles. The molecule has 34 heavy (non-hydrogen) atoms. The van der Waals surface area contributed by atoms with E-state index in [1.54, 1.807) is 19.9 Å². The van der Waals surface area contributed by atoms with Crippen LogP contribution < -0.4 is 9.62 Å². The summed E-state index contributed by atoms with van der Waals surface area (Å²) in [6.45, 7) is 12.7. The standard InChI is InChI=1S/C26H37N3O4S/c1-18-10-9-11-22(14-18)16-28(21(4)25(31)27-26(5,6)7)24(30)17-29(34(8,32)33)23-15-19(2)12-13-20(23)3/h9-15,21H,16-17H2,1-8H3,(H,27,31). The van der Waals surface area contributed by atoms with Crippen molar-refractivity contribution < 1.29 is 18.0 Å². The lowest BCUT2D eigenvalue weighted by molar-refractivity contribution is -0.140. The number of carbonyl (C=O) groups is 2. The summed E-state index contributed by atoms with van der Waals surface area (Å²) in [6.07, 6.45) is 1.09. The van der Waals surface area contributed by atoms with Crippen molar-refractivity contribution in [3.05, 3.63) is 64.7 Å². The van der Waals surface area contributed by atoms with Crippen LogP contribution in [0.3, 0.4) is 0 Å². The SMILES string of the molecule is Cc1cccc(CN(C(=O)CN(c2cc(C)ccc2C)S(C)(=O)=O)C(C)C(=O)NC(C)(C)C)c1. The summed E-state index contributed by atoms with van der Waals surface area (Å²) in [4.78, 5) is 28.0. The molecule has 1 unspecified atom stereocenters. The molecule has 7 nitrogen and oxygen atoms in total. The molecular weight excluding hydrogens is 450 g/mol. The van der Waals surface area contributed by atoms with Gasteiger partial charge in [-0.1, -0.05) is 42.0 Å². The number of sulfonamides is 1. The Balaban J connectivity index is 2.45. The van der Waals surface area contributed by atoms with Crippen LogP contribution in [-0.4, -0.2) is 49.5 Å². The molecule has 0 bridgehead atoms. The first-order valence-electron chi connectivity index (χ1n) is 11.3. The zero-order valence-electron chi connectivity index (χ0n) is 21.5. The maximum Gasteiger partial charge on any atom is 0.244 e. The van der Waals surface area contributed by atoms with Crippen molar-refractivity contribution in [2.45, 2.75) is 66.6 Å². The summed E-state index contributed by atoms with van der Waals surface area (Å²) < 4.78 is 26.6. The molecule has 2 amide bonds. The lowest BCUT2D eigenvalue weighted by Gasteiger charge is -2.33. The molecule has 0 spiro atoms. The van der Waals surface area contributed by atoms with Gasteiger partial charge in [0.25, 0.3) is 0 Å². The van der Waals surface area contributed by atoms with E-state index in [9.17, 15) is 18.0 Å². The molecule has 1 N–H and O–H groups in total. The molecular formula is C26H37N3O4S. The lowest BCUT2D eigenvalue weighted by Crippen LogP contribution is -2.54. The highest BCUT2D eigenvalue weighted by Crippen LogP contribution is 2.24. The maximum absolute atomic E-state index is 13.6. The van der Waals surface area contributed by atoms with E-state index in [2.05, 4.69) is 5.32 Å². The number of amides is 2. The smallest absolute Gasteiger partial charge is 0.244 e. The Kier molecular flexibility index (Phi) is 8.53. The van der Waals surface area contributed by atoms with Gasteiger partial charge in [0.1, 0.15) is 12.6 Å². The second kappa shape index (κ2) is 10.6. The average molecular weight is 488 g/mol. The predicted molar refractivity (Wildman–Crippen MR) is 137 cm³/mol. The molecule has 2 aromatic rings. The zero-order valence-corrected chi connectivity index (χ0v) is 22.3. The normalized spacial score (nSPS) is 12.7. The number of anilines is 1. The topological polar surface area (TPSA) is 86.8 Å². The van der Waals surface area contributed by atoms with E-state index in [1.165, 1.54) is 4.90 Å². The van der Waals surface area contributed by atoms with E-state index >= 15 is 0 Å². The molecule has 2 rings (SSSR count). The van der Waals surface area contributed by atoms with Gasteiger partial charge in [0.2, 0.25) is 21.8 Å². The third kappa shape index (κ3) is 7.58. The quantitative estimate of drug-likeness (QED) is 0.615. The number of hydrogen-bond acceptors (Lipinski definition) is 4. The number of rotatable bonds is 8. The fraction of sp³-hybridized carbons (Fsp3) is 0.462. The second-order valence-corrected chi connectivity index (χ2v) is 11.9. The van der Waals surface area contributed by atoms with Crippen LogP contribution in [0.1, 0.15) is 49.9 Å². The van der Waals surface area contributed by atoms with Gasteiger partial charge < -0.3 is 10.2 Å². The van der Waals surface area contributed by atoms with E-state index in [4.69, 9.17) is 0 Å². The highest BCUT2D eigenvalue weighted by molar-refractivity contribution is 7.92. The molecule has 0 saturated carbocycles. The summed E-state index contributed by atoms with van der Waals surface area (Å²) in [5.74, 6) is -0.754. The summed E-state index contributed by atoms with van der Waals surface area (Å²) in [5.41, 5.74) is 3.51. The Morgan fingerprint density at radius 2 is 1.62 bits per heavy atom. The van der Waals surface area contributed by atoms with Gasteiger partial charge in [-0.25, -0.2) is 8.42 Å². The van der Waals surface area contributed by atoms with Crippen LogP contribution in [0.15, 0.2) is 42.5 Å². The summed E-state index contributed by atoms with van der Waals surface area (Å²) in [6, 6.07) is 12.4. The molecule has 0 saturated heterocycles. The van der Waals surface area contributed by atoms with Crippen molar-refractivity contribution in [2.75, 3.05) is 17.1 Å². The first-order chi connectivity index (χ1) is 15.6. The number of benzene rings is 2. The first kappa shape index (κ1) is 27.4. The monoisotopic (exact) mass is 487 g/mol. The average Bonchev–Trinajstić information content (AvgIpc) is 2.69. The number of nitrogens with one attached hydrogen (secondary N) is 1. The molecule has 8 heteroatoms. The van der Waals surface area contributed by atoms with Gasteiger partial charge in [-0.2, -0.15) is 0 Å². The Morgan fingerprint density at radius 3 is 2.18 bits per heavy atom. The minimum Gasteiger partial charge on any atom is -0.350 e. The van der Waals surface area contributed by atoms with Crippen molar-refractivity contribution in [1.29, 1.82) is 0 Å². The largest absolute Gasteiger partial charge is 0.350 e. The molecule has 0 fully saturated rings. The minimum absolute atomic E-state index is 0.184. The first-order valence-corrected chi connectivity index (χ1v) is 13.2. The maximum atomic E-state index is 13.6. The van der Waals surface area contributed by atoms with Gasteiger partial charge in [-0.05, 0) is 71.2 Å². The summed E-state index contributed by atoms with van der Waals surface area (Å²) >= 11 is 0.